The minimum atomic E-state index is -0.539. The van der Waals surface area contributed by atoms with Gasteiger partial charge in [-0.2, -0.15) is 0 Å². The first-order valence-corrected chi connectivity index (χ1v) is 5.51. The Morgan fingerprint density at radius 2 is 1.94 bits per heavy atom. The second-order valence-corrected chi connectivity index (χ2v) is 3.84. The lowest BCUT2D eigenvalue weighted by atomic mass is 10.0. The normalized spacial score (nSPS) is 10.5. The highest BCUT2D eigenvalue weighted by atomic mass is 19.1. The van der Waals surface area contributed by atoms with Crippen LogP contribution in [0.25, 0.3) is 11.4 Å². The fourth-order valence-corrected chi connectivity index (χ4v) is 1.75. The van der Waals surface area contributed by atoms with Crippen LogP contribution in [0, 0.1) is 12.7 Å². The van der Waals surface area contributed by atoms with Gasteiger partial charge >= 0.3 is 0 Å². The van der Waals surface area contributed by atoms with Gasteiger partial charge in [-0.05, 0) is 18.9 Å². The Hall–Kier alpha value is -1.97. The van der Waals surface area contributed by atoms with Crippen LogP contribution in [0.5, 0.6) is 0 Å². The summed E-state index contributed by atoms with van der Waals surface area (Å²) in [6.07, 6.45) is 0.871. The standard InChI is InChI=1S/C13H14FN3/c1-3-9-6-4-5-7-10(9)13-16-8(2)11(14)12(15)17-13/h4-7H,3H2,1-2H3,(H2,15,16,17). The molecule has 1 aromatic carbocycles. The van der Waals surface area contributed by atoms with E-state index in [2.05, 4.69) is 16.9 Å². The summed E-state index contributed by atoms with van der Waals surface area (Å²) in [5, 5.41) is 0. The number of aromatic nitrogens is 2. The van der Waals surface area contributed by atoms with Gasteiger partial charge in [0.05, 0.1) is 5.69 Å². The molecule has 1 aromatic heterocycles. The van der Waals surface area contributed by atoms with E-state index in [0.29, 0.717) is 5.82 Å². The molecule has 0 fully saturated rings. The molecule has 3 nitrogen and oxygen atoms in total. The quantitative estimate of drug-likeness (QED) is 0.864. The summed E-state index contributed by atoms with van der Waals surface area (Å²) >= 11 is 0. The Labute approximate surface area is 99.5 Å². The van der Waals surface area contributed by atoms with Gasteiger partial charge in [0.15, 0.2) is 17.5 Å². The van der Waals surface area contributed by atoms with Crippen molar-refractivity contribution in [1.82, 2.24) is 9.97 Å². The minimum Gasteiger partial charge on any atom is -0.381 e. The van der Waals surface area contributed by atoms with Gasteiger partial charge < -0.3 is 5.73 Å². The second kappa shape index (κ2) is 4.49. The van der Waals surface area contributed by atoms with E-state index in [0.717, 1.165) is 17.5 Å². The summed E-state index contributed by atoms with van der Waals surface area (Å²) < 4.78 is 13.4. The van der Waals surface area contributed by atoms with Crippen molar-refractivity contribution in [2.75, 3.05) is 5.73 Å². The second-order valence-electron chi connectivity index (χ2n) is 3.84. The Bertz CT molecular complexity index is 529. The zero-order chi connectivity index (χ0) is 12.4. The monoisotopic (exact) mass is 231 g/mol. The number of hydrogen-bond acceptors (Lipinski definition) is 3. The van der Waals surface area contributed by atoms with E-state index in [1.165, 1.54) is 0 Å². The summed E-state index contributed by atoms with van der Waals surface area (Å²) in [6.45, 7) is 3.64. The van der Waals surface area contributed by atoms with Crippen LogP contribution in [0.15, 0.2) is 24.3 Å². The van der Waals surface area contributed by atoms with Crippen molar-refractivity contribution in [2.45, 2.75) is 20.3 Å². The van der Waals surface area contributed by atoms with Crippen LogP contribution in [0.3, 0.4) is 0 Å². The van der Waals surface area contributed by atoms with Gasteiger partial charge in [-0.3, -0.25) is 0 Å². The molecule has 2 rings (SSSR count). The number of halogens is 1. The average molecular weight is 231 g/mol. The lowest BCUT2D eigenvalue weighted by molar-refractivity contribution is 0.608. The first-order chi connectivity index (χ1) is 8.13. The third-order valence-corrected chi connectivity index (χ3v) is 2.68. The number of hydrogen-bond donors (Lipinski definition) is 1. The van der Waals surface area contributed by atoms with Gasteiger partial charge in [0, 0.05) is 5.56 Å². The van der Waals surface area contributed by atoms with Crippen molar-refractivity contribution in [1.29, 1.82) is 0 Å². The topological polar surface area (TPSA) is 51.8 Å². The van der Waals surface area contributed by atoms with Gasteiger partial charge in [0.1, 0.15) is 0 Å². The molecule has 2 N–H and O–H groups in total. The SMILES string of the molecule is CCc1ccccc1-c1nc(C)c(F)c(N)n1. The Morgan fingerprint density at radius 1 is 1.24 bits per heavy atom. The maximum atomic E-state index is 13.4. The van der Waals surface area contributed by atoms with E-state index in [4.69, 9.17) is 5.73 Å². The molecular formula is C13H14FN3. The number of rotatable bonds is 2. The van der Waals surface area contributed by atoms with Crippen LogP contribution < -0.4 is 5.73 Å². The molecular weight excluding hydrogens is 217 g/mol. The lowest BCUT2D eigenvalue weighted by Gasteiger charge is -2.08. The molecule has 0 bridgehead atoms. The molecule has 17 heavy (non-hydrogen) atoms. The van der Waals surface area contributed by atoms with Crippen LogP contribution in [-0.4, -0.2) is 9.97 Å². The molecule has 0 aliphatic carbocycles. The van der Waals surface area contributed by atoms with E-state index in [1.54, 1.807) is 6.92 Å². The summed E-state index contributed by atoms with van der Waals surface area (Å²) in [5.41, 5.74) is 7.83. The third kappa shape index (κ3) is 2.11. The van der Waals surface area contributed by atoms with Crippen LogP contribution in [0.1, 0.15) is 18.2 Å². The van der Waals surface area contributed by atoms with E-state index >= 15 is 0 Å². The molecule has 88 valence electrons. The molecule has 0 radical (unpaired) electrons. The first-order valence-electron chi connectivity index (χ1n) is 5.51. The van der Waals surface area contributed by atoms with Crippen molar-refractivity contribution in [3.8, 4) is 11.4 Å². The summed E-state index contributed by atoms with van der Waals surface area (Å²) in [7, 11) is 0. The minimum absolute atomic E-state index is 0.0987. The molecule has 0 aliphatic heterocycles. The number of nitrogens with zero attached hydrogens (tertiary/aromatic N) is 2. The molecule has 4 heteroatoms. The van der Waals surface area contributed by atoms with Crippen LogP contribution in [0.4, 0.5) is 10.2 Å². The van der Waals surface area contributed by atoms with Crippen LogP contribution >= 0.6 is 0 Å². The Morgan fingerprint density at radius 3 is 2.59 bits per heavy atom. The first kappa shape index (κ1) is 11.5. The fourth-order valence-electron chi connectivity index (χ4n) is 1.75. The number of aryl methyl sites for hydroxylation is 2. The third-order valence-electron chi connectivity index (χ3n) is 2.68. The maximum Gasteiger partial charge on any atom is 0.186 e. The van der Waals surface area contributed by atoms with Gasteiger partial charge in [-0.15, -0.1) is 0 Å². The highest BCUT2D eigenvalue weighted by Crippen LogP contribution is 2.23. The molecule has 1 heterocycles. The number of anilines is 1. The van der Waals surface area contributed by atoms with Crippen molar-refractivity contribution in [2.24, 2.45) is 0 Å². The van der Waals surface area contributed by atoms with E-state index < -0.39 is 5.82 Å². The smallest absolute Gasteiger partial charge is 0.186 e. The predicted octanol–water partition coefficient (Wildman–Crippen LogP) is 2.74. The van der Waals surface area contributed by atoms with Crippen molar-refractivity contribution < 1.29 is 4.39 Å². The lowest BCUT2D eigenvalue weighted by Crippen LogP contribution is -2.04. The average Bonchev–Trinajstić information content (AvgIpc) is 2.35. The van der Waals surface area contributed by atoms with Gasteiger partial charge in [0.25, 0.3) is 0 Å². The van der Waals surface area contributed by atoms with E-state index in [1.807, 2.05) is 24.3 Å². The molecule has 0 amide bonds. The van der Waals surface area contributed by atoms with Crippen LogP contribution in [0.2, 0.25) is 0 Å². The van der Waals surface area contributed by atoms with Crippen molar-refractivity contribution in [3.05, 3.63) is 41.3 Å². The van der Waals surface area contributed by atoms with Crippen molar-refractivity contribution >= 4 is 5.82 Å². The molecule has 0 saturated carbocycles. The van der Waals surface area contributed by atoms with E-state index in [9.17, 15) is 4.39 Å². The van der Waals surface area contributed by atoms with Gasteiger partial charge in [-0.25, -0.2) is 14.4 Å². The summed E-state index contributed by atoms with van der Waals surface area (Å²) in [5.74, 6) is -0.153. The van der Waals surface area contributed by atoms with Crippen LogP contribution in [-0.2, 0) is 6.42 Å². The molecule has 0 aliphatic rings. The largest absolute Gasteiger partial charge is 0.381 e. The van der Waals surface area contributed by atoms with Gasteiger partial charge in [0.2, 0.25) is 0 Å². The predicted molar refractivity (Wildman–Crippen MR) is 66.0 cm³/mol. The fraction of sp³-hybridized carbons (Fsp3) is 0.231. The Balaban J connectivity index is 2.61. The highest BCUT2D eigenvalue weighted by molar-refractivity contribution is 5.61. The zero-order valence-corrected chi connectivity index (χ0v) is 9.87. The molecule has 2 aromatic rings. The molecule has 0 unspecified atom stereocenters. The Kier molecular flexibility index (Phi) is 3.04. The zero-order valence-electron chi connectivity index (χ0n) is 9.87. The number of nitrogen functional groups attached to an aromatic ring is 1. The molecule has 0 atom stereocenters. The summed E-state index contributed by atoms with van der Waals surface area (Å²) in [4.78, 5) is 8.15. The molecule has 0 spiro atoms. The van der Waals surface area contributed by atoms with E-state index in [-0.39, 0.29) is 11.5 Å². The number of benzene rings is 1. The maximum absolute atomic E-state index is 13.4. The molecule has 0 saturated heterocycles. The highest BCUT2D eigenvalue weighted by Gasteiger charge is 2.11. The number of nitrogens with two attached hydrogens (primary N) is 1. The summed E-state index contributed by atoms with van der Waals surface area (Å²) in [6, 6.07) is 7.80. The van der Waals surface area contributed by atoms with Crippen molar-refractivity contribution in [3.63, 3.8) is 0 Å². The van der Waals surface area contributed by atoms with Gasteiger partial charge in [-0.1, -0.05) is 31.2 Å².